The van der Waals surface area contributed by atoms with Gasteiger partial charge in [-0.2, -0.15) is 0 Å². The highest BCUT2D eigenvalue weighted by Crippen LogP contribution is 2.26. The molecule has 1 aromatic heterocycles. The van der Waals surface area contributed by atoms with Gasteiger partial charge in [0.15, 0.2) is 0 Å². The molecule has 27 heavy (non-hydrogen) atoms. The molecule has 10 heteroatoms. The third kappa shape index (κ3) is 5.29. The fraction of sp³-hybridized carbons (Fsp3) is 0.294. The molecule has 2 aromatic rings. The Morgan fingerprint density at radius 3 is 2.59 bits per heavy atom. The first-order chi connectivity index (χ1) is 12.9. The number of benzene rings is 1. The van der Waals surface area contributed by atoms with Gasteiger partial charge in [0.1, 0.15) is 5.71 Å². The molecule has 1 aliphatic heterocycles. The van der Waals surface area contributed by atoms with Crippen molar-refractivity contribution in [1.82, 2.24) is 10.0 Å². The number of hydrogen-bond acceptors (Lipinski definition) is 6. The van der Waals surface area contributed by atoms with Crippen molar-refractivity contribution in [2.45, 2.75) is 24.8 Å². The number of carbonyl (C=O) groups is 1. The second-order valence-corrected chi connectivity index (χ2v) is 9.58. The Morgan fingerprint density at radius 1 is 1.26 bits per heavy atom. The van der Waals surface area contributed by atoms with E-state index in [-0.39, 0.29) is 11.7 Å². The molecular formula is C17H18ClN3O4S2. The predicted octanol–water partition coefficient (Wildman–Crippen LogP) is 2.26. The highest BCUT2D eigenvalue weighted by atomic mass is 35.5. The Labute approximate surface area is 166 Å². The molecule has 1 aromatic carbocycles. The molecule has 0 radical (unpaired) electrons. The zero-order valence-corrected chi connectivity index (χ0v) is 16.8. The summed E-state index contributed by atoms with van der Waals surface area (Å²) in [6.45, 7) is 0.317. The van der Waals surface area contributed by atoms with Gasteiger partial charge >= 0.3 is 0 Å². The van der Waals surface area contributed by atoms with E-state index < -0.39 is 16.1 Å². The lowest BCUT2D eigenvalue weighted by molar-refractivity contribution is -0.131. The van der Waals surface area contributed by atoms with Gasteiger partial charge in [-0.1, -0.05) is 41.0 Å². The van der Waals surface area contributed by atoms with E-state index in [1.807, 2.05) is 6.07 Å². The van der Waals surface area contributed by atoms with Crippen molar-refractivity contribution < 1.29 is 18.0 Å². The number of nitrogens with zero attached hydrogens (tertiary/aromatic N) is 1. The first-order valence-corrected chi connectivity index (χ1v) is 11.0. The Balaban J connectivity index is 1.50. The largest absolute Gasteiger partial charge is 0.382 e. The van der Waals surface area contributed by atoms with Gasteiger partial charge in [0.05, 0.1) is 15.0 Å². The normalized spacial score (nSPS) is 16.7. The number of halogens is 1. The zero-order valence-electron chi connectivity index (χ0n) is 14.4. The number of sulfonamides is 1. The third-order valence-electron chi connectivity index (χ3n) is 3.98. The van der Waals surface area contributed by atoms with E-state index in [1.54, 1.807) is 30.3 Å². The summed E-state index contributed by atoms with van der Waals surface area (Å²) in [6.07, 6.45) is -0.273. The molecule has 7 nitrogen and oxygen atoms in total. The van der Waals surface area contributed by atoms with E-state index in [1.165, 1.54) is 18.4 Å². The number of rotatable bonds is 7. The molecule has 0 aliphatic carbocycles. The lowest BCUT2D eigenvalue weighted by atomic mass is 10.1. The molecule has 0 bridgehead atoms. The van der Waals surface area contributed by atoms with Crippen LogP contribution in [-0.2, 0) is 32.0 Å². The molecule has 144 valence electrons. The molecule has 0 saturated heterocycles. The lowest BCUT2D eigenvalue weighted by Gasteiger charge is -2.10. The number of oxime groups is 1. The van der Waals surface area contributed by atoms with Crippen LogP contribution in [0.15, 0.2) is 41.6 Å². The number of amides is 1. The summed E-state index contributed by atoms with van der Waals surface area (Å²) in [7, 11) is -1.92. The van der Waals surface area contributed by atoms with Gasteiger partial charge in [-0.3, -0.25) is 4.79 Å². The molecule has 1 atom stereocenters. The fourth-order valence-corrected chi connectivity index (χ4v) is 4.29. The van der Waals surface area contributed by atoms with Crippen LogP contribution in [0.1, 0.15) is 22.4 Å². The van der Waals surface area contributed by atoms with Gasteiger partial charge in [-0.15, -0.1) is 11.3 Å². The van der Waals surface area contributed by atoms with E-state index in [4.69, 9.17) is 16.4 Å². The molecule has 1 aliphatic rings. The van der Waals surface area contributed by atoms with E-state index in [9.17, 15) is 13.2 Å². The summed E-state index contributed by atoms with van der Waals surface area (Å²) in [4.78, 5) is 18.4. The minimum Gasteiger partial charge on any atom is -0.382 e. The van der Waals surface area contributed by atoms with Crippen molar-refractivity contribution in [3.8, 4) is 0 Å². The molecule has 2 heterocycles. The predicted molar refractivity (Wildman–Crippen MR) is 105 cm³/mol. The average molecular weight is 428 g/mol. The molecule has 0 spiro atoms. The van der Waals surface area contributed by atoms with Crippen LogP contribution in [0.3, 0.4) is 0 Å². The maximum absolute atomic E-state index is 12.3. The highest BCUT2D eigenvalue weighted by Gasteiger charge is 2.29. The third-order valence-corrected chi connectivity index (χ3v) is 6.59. The quantitative estimate of drug-likeness (QED) is 0.708. The van der Waals surface area contributed by atoms with Crippen LogP contribution in [0.25, 0.3) is 0 Å². The summed E-state index contributed by atoms with van der Waals surface area (Å²) < 4.78 is 26.0. The van der Waals surface area contributed by atoms with Gasteiger partial charge in [-0.05, 0) is 30.3 Å². The van der Waals surface area contributed by atoms with Gasteiger partial charge in [0.25, 0.3) is 5.91 Å². The van der Waals surface area contributed by atoms with E-state index in [0.29, 0.717) is 28.6 Å². The monoisotopic (exact) mass is 427 g/mol. The minimum atomic E-state index is -3.31. The van der Waals surface area contributed by atoms with Crippen molar-refractivity contribution >= 4 is 44.6 Å². The molecule has 0 fully saturated rings. The number of nitrogens with one attached hydrogen (secondary N) is 2. The maximum Gasteiger partial charge on any atom is 0.264 e. The van der Waals surface area contributed by atoms with Crippen LogP contribution < -0.4 is 10.0 Å². The van der Waals surface area contributed by atoms with Crippen molar-refractivity contribution in [3.05, 3.63) is 56.7 Å². The Kier molecular flexibility index (Phi) is 6.15. The van der Waals surface area contributed by atoms with Crippen molar-refractivity contribution in [2.75, 3.05) is 7.05 Å². The summed E-state index contributed by atoms with van der Waals surface area (Å²) in [5, 5.41) is 6.78. The maximum atomic E-state index is 12.3. The molecule has 1 amide bonds. The Bertz CT molecular complexity index is 955. The average Bonchev–Trinajstić information content (AvgIpc) is 3.29. The Hall–Kier alpha value is -1.94. The van der Waals surface area contributed by atoms with Crippen molar-refractivity contribution in [3.63, 3.8) is 0 Å². The summed E-state index contributed by atoms with van der Waals surface area (Å²) >= 11 is 7.31. The van der Waals surface area contributed by atoms with Crippen LogP contribution in [0.2, 0.25) is 4.34 Å². The lowest BCUT2D eigenvalue weighted by Crippen LogP contribution is -2.34. The second kappa shape index (κ2) is 8.39. The number of carbonyl (C=O) groups excluding carboxylic acids is 1. The molecule has 0 saturated carbocycles. The van der Waals surface area contributed by atoms with Crippen LogP contribution in [-0.4, -0.2) is 33.2 Å². The van der Waals surface area contributed by atoms with Crippen LogP contribution >= 0.6 is 22.9 Å². The number of thiophene rings is 1. The van der Waals surface area contributed by atoms with Crippen LogP contribution in [0.5, 0.6) is 0 Å². The van der Waals surface area contributed by atoms with Crippen LogP contribution in [0.4, 0.5) is 0 Å². The Morgan fingerprint density at radius 2 is 1.96 bits per heavy atom. The summed E-state index contributed by atoms with van der Waals surface area (Å²) in [6, 6.07) is 10.7. The van der Waals surface area contributed by atoms with Crippen molar-refractivity contribution in [2.24, 2.45) is 5.16 Å². The standard InChI is InChI=1S/C17H18ClN3O4S2/c1-19-27(23,24)10-12-4-2-11(3-5-12)9-20-17(22)14-8-13(21-25-14)15-6-7-16(18)26-15/h2-7,14,19H,8-10H2,1H3,(H,20,22). The smallest absolute Gasteiger partial charge is 0.264 e. The van der Waals surface area contributed by atoms with Gasteiger partial charge in [0, 0.05) is 13.0 Å². The van der Waals surface area contributed by atoms with Crippen LogP contribution in [0, 0.1) is 0 Å². The van der Waals surface area contributed by atoms with Gasteiger partial charge in [-0.25, -0.2) is 13.1 Å². The first kappa shape index (κ1) is 19.8. The first-order valence-electron chi connectivity index (χ1n) is 8.11. The highest BCUT2D eigenvalue weighted by molar-refractivity contribution is 7.88. The zero-order chi connectivity index (χ0) is 19.4. The summed E-state index contributed by atoms with van der Waals surface area (Å²) in [5.74, 6) is -0.336. The molecule has 3 rings (SSSR count). The molecular weight excluding hydrogens is 410 g/mol. The minimum absolute atomic E-state index is 0.0844. The summed E-state index contributed by atoms with van der Waals surface area (Å²) in [5.41, 5.74) is 2.24. The van der Waals surface area contributed by atoms with Crippen molar-refractivity contribution in [1.29, 1.82) is 0 Å². The van der Waals surface area contributed by atoms with Gasteiger partial charge < -0.3 is 10.2 Å². The van der Waals surface area contributed by atoms with Gasteiger partial charge in [0.2, 0.25) is 16.1 Å². The SMILES string of the molecule is CNS(=O)(=O)Cc1ccc(CNC(=O)C2CC(c3ccc(Cl)s3)=NO2)cc1. The number of hydrogen-bond donors (Lipinski definition) is 2. The topological polar surface area (TPSA) is 96.9 Å². The molecule has 2 N–H and O–H groups in total. The van der Waals surface area contributed by atoms with E-state index in [2.05, 4.69) is 15.2 Å². The molecule has 1 unspecified atom stereocenters. The second-order valence-electron chi connectivity index (χ2n) is 5.94. The fourth-order valence-electron chi connectivity index (χ4n) is 2.48. The van der Waals surface area contributed by atoms with E-state index >= 15 is 0 Å². The van der Waals surface area contributed by atoms with E-state index in [0.717, 1.165) is 10.4 Å².